The van der Waals surface area contributed by atoms with Crippen LogP contribution in [0.15, 0.2) is 39.6 Å². The molecule has 2 heterocycles. The molecule has 0 N–H and O–H groups in total. The van der Waals surface area contributed by atoms with Crippen molar-refractivity contribution in [2.75, 3.05) is 6.61 Å². The first kappa shape index (κ1) is 10.6. The van der Waals surface area contributed by atoms with Crippen LogP contribution < -0.4 is 4.74 Å². The average Bonchev–Trinajstić information content (AvgIpc) is 2.95. The van der Waals surface area contributed by atoms with Gasteiger partial charge in [0.05, 0.1) is 18.4 Å². The molecular formula is C13H9BrO3. The lowest BCUT2D eigenvalue weighted by Gasteiger charge is -2.02. The summed E-state index contributed by atoms with van der Waals surface area (Å²) in [5, 5.41) is 0. The van der Waals surface area contributed by atoms with Crippen molar-refractivity contribution in [3.8, 4) is 5.75 Å². The molecule has 1 aliphatic heterocycles. The number of rotatable bonds is 2. The number of carbonyl (C=O) groups is 1. The lowest BCUT2D eigenvalue weighted by Crippen LogP contribution is -2.00. The molecule has 0 aliphatic carbocycles. The number of hydrogen-bond donors (Lipinski definition) is 0. The monoisotopic (exact) mass is 292 g/mol. The summed E-state index contributed by atoms with van der Waals surface area (Å²) in [5.74, 6) is 0.841. The summed E-state index contributed by atoms with van der Waals surface area (Å²) in [6.45, 7) is 0.697. The number of carbonyl (C=O) groups excluding carboxylic acids is 1. The van der Waals surface area contributed by atoms with E-state index in [2.05, 4.69) is 15.9 Å². The van der Waals surface area contributed by atoms with Crippen molar-refractivity contribution in [2.24, 2.45) is 0 Å². The van der Waals surface area contributed by atoms with E-state index in [-0.39, 0.29) is 5.78 Å². The Balaban J connectivity index is 2.00. The molecule has 0 fully saturated rings. The second-order valence-corrected chi connectivity index (χ2v) is 4.58. The summed E-state index contributed by atoms with van der Waals surface area (Å²) in [6, 6.07) is 7.19. The molecule has 2 aromatic rings. The summed E-state index contributed by atoms with van der Waals surface area (Å²) in [7, 11) is 0. The van der Waals surface area contributed by atoms with Crippen LogP contribution >= 0.6 is 15.9 Å². The van der Waals surface area contributed by atoms with Crippen LogP contribution in [0.3, 0.4) is 0 Å². The minimum absolute atomic E-state index is 0.0414. The minimum atomic E-state index is -0.0414. The van der Waals surface area contributed by atoms with Gasteiger partial charge in [-0.2, -0.15) is 0 Å². The van der Waals surface area contributed by atoms with E-state index < -0.39 is 0 Å². The van der Waals surface area contributed by atoms with Crippen molar-refractivity contribution in [3.05, 3.63) is 51.9 Å². The second-order valence-electron chi connectivity index (χ2n) is 3.86. The van der Waals surface area contributed by atoms with Gasteiger partial charge < -0.3 is 9.15 Å². The zero-order chi connectivity index (χ0) is 11.8. The molecule has 0 atom stereocenters. The molecule has 0 saturated heterocycles. The summed E-state index contributed by atoms with van der Waals surface area (Å²) in [4.78, 5) is 12.2. The van der Waals surface area contributed by atoms with Crippen molar-refractivity contribution >= 4 is 21.7 Å². The van der Waals surface area contributed by atoms with Crippen LogP contribution in [0, 0.1) is 0 Å². The van der Waals surface area contributed by atoms with Gasteiger partial charge in [-0.1, -0.05) is 0 Å². The van der Waals surface area contributed by atoms with Gasteiger partial charge in [-0.15, -0.1) is 0 Å². The zero-order valence-electron chi connectivity index (χ0n) is 8.90. The van der Waals surface area contributed by atoms with Crippen LogP contribution in [0.2, 0.25) is 0 Å². The molecule has 0 saturated carbocycles. The maximum Gasteiger partial charge on any atom is 0.197 e. The van der Waals surface area contributed by atoms with E-state index in [0.717, 1.165) is 17.7 Å². The maximum absolute atomic E-state index is 12.2. The molecule has 3 rings (SSSR count). The van der Waals surface area contributed by atoms with Crippen molar-refractivity contribution in [1.29, 1.82) is 0 Å². The van der Waals surface area contributed by atoms with E-state index in [1.807, 2.05) is 12.1 Å². The van der Waals surface area contributed by atoms with Crippen LogP contribution in [-0.2, 0) is 6.42 Å². The van der Waals surface area contributed by atoms with Gasteiger partial charge in [0.25, 0.3) is 0 Å². The topological polar surface area (TPSA) is 39.4 Å². The molecule has 0 bridgehead atoms. The maximum atomic E-state index is 12.2. The summed E-state index contributed by atoms with van der Waals surface area (Å²) >= 11 is 3.21. The molecule has 1 aromatic carbocycles. The van der Waals surface area contributed by atoms with Crippen molar-refractivity contribution < 1.29 is 13.9 Å². The Labute approximate surface area is 107 Å². The number of hydrogen-bond acceptors (Lipinski definition) is 3. The van der Waals surface area contributed by atoms with Gasteiger partial charge in [-0.05, 0) is 45.8 Å². The highest BCUT2D eigenvalue weighted by molar-refractivity contribution is 9.10. The van der Waals surface area contributed by atoms with Crippen LogP contribution in [0.25, 0.3) is 0 Å². The van der Waals surface area contributed by atoms with Gasteiger partial charge in [0.15, 0.2) is 10.5 Å². The first-order chi connectivity index (χ1) is 8.25. The van der Waals surface area contributed by atoms with E-state index in [0.29, 0.717) is 22.4 Å². The molecule has 0 amide bonds. The molecule has 3 nitrogen and oxygen atoms in total. The van der Waals surface area contributed by atoms with Gasteiger partial charge >= 0.3 is 0 Å². The fraction of sp³-hybridized carbons (Fsp3) is 0.154. The van der Waals surface area contributed by atoms with Gasteiger partial charge in [0, 0.05) is 12.0 Å². The zero-order valence-corrected chi connectivity index (χ0v) is 10.5. The third-order valence-electron chi connectivity index (χ3n) is 2.81. The smallest absolute Gasteiger partial charge is 0.197 e. The molecule has 1 aromatic heterocycles. The summed E-state index contributed by atoms with van der Waals surface area (Å²) < 4.78 is 11.0. The molecule has 0 radical (unpaired) electrons. The Bertz CT molecular complexity index is 586. The highest BCUT2D eigenvalue weighted by Crippen LogP contribution is 2.28. The fourth-order valence-electron chi connectivity index (χ4n) is 1.94. The van der Waals surface area contributed by atoms with Gasteiger partial charge in [0.2, 0.25) is 0 Å². The fourth-order valence-corrected chi connectivity index (χ4v) is 2.36. The number of furan rings is 1. The number of benzene rings is 1. The normalized spacial score (nSPS) is 13.2. The Hall–Kier alpha value is -1.55. The molecule has 86 valence electrons. The summed E-state index contributed by atoms with van der Waals surface area (Å²) in [6.07, 6.45) is 2.36. The Morgan fingerprint density at radius 3 is 2.94 bits per heavy atom. The predicted octanol–water partition coefficient (Wildman–Crippen LogP) is 3.21. The van der Waals surface area contributed by atoms with Crippen LogP contribution in [0.5, 0.6) is 5.75 Å². The Morgan fingerprint density at radius 1 is 1.29 bits per heavy atom. The minimum Gasteiger partial charge on any atom is -0.493 e. The molecular weight excluding hydrogens is 284 g/mol. The van der Waals surface area contributed by atoms with Gasteiger partial charge in [0.1, 0.15) is 5.75 Å². The number of ether oxygens (including phenoxy) is 1. The van der Waals surface area contributed by atoms with Gasteiger partial charge in [-0.25, -0.2) is 0 Å². The first-order valence-corrected chi connectivity index (χ1v) is 6.08. The second kappa shape index (κ2) is 4.04. The largest absolute Gasteiger partial charge is 0.493 e. The van der Waals surface area contributed by atoms with Crippen molar-refractivity contribution in [3.63, 3.8) is 0 Å². The van der Waals surface area contributed by atoms with Crippen molar-refractivity contribution in [2.45, 2.75) is 6.42 Å². The van der Waals surface area contributed by atoms with Crippen LogP contribution in [-0.4, -0.2) is 12.4 Å². The highest BCUT2D eigenvalue weighted by Gasteiger charge is 2.18. The van der Waals surface area contributed by atoms with E-state index in [1.54, 1.807) is 12.1 Å². The van der Waals surface area contributed by atoms with Gasteiger partial charge in [-0.3, -0.25) is 4.79 Å². The third-order valence-corrected chi connectivity index (χ3v) is 3.43. The number of ketones is 1. The van der Waals surface area contributed by atoms with E-state index in [9.17, 15) is 4.79 Å². The molecule has 17 heavy (non-hydrogen) atoms. The Morgan fingerprint density at radius 2 is 2.18 bits per heavy atom. The average molecular weight is 293 g/mol. The highest BCUT2D eigenvalue weighted by atomic mass is 79.9. The molecule has 0 spiro atoms. The Kier molecular flexibility index (Phi) is 2.52. The van der Waals surface area contributed by atoms with Crippen LogP contribution in [0.1, 0.15) is 21.5 Å². The summed E-state index contributed by atoms with van der Waals surface area (Å²) in [5.41, 5.74) is 2.30. The number of fused-ring (bicyclic) bond motifs is 1. The third kappa shape index (κ3) is 1.78. The lowest BCUT2D eigenvalue weighted by molar-refractivity contribution is 0.103. The predicted molar refractivity (Wildman–Crippen MR) is 65.5 cm³/mol. The van der Waals surface area contributed by atoms with Crippen molar-refractivity contribution in [1.82, 2.24) is 0 Å². The quantitative estimate of drug-likeness (QED) is 0.798. The molecule has 0 unspecified atom stereocenters. The lowest BCUT2D eigenvalue weighted by atomic mass is 10.0. The molecule has 1 aliphatic rings. The van der Waals surface area contributed by atoms with E-state index >= 15 is 0 Å². The SMILES string of the molecule is O=C(c1ccc2c(c1)CCO2)c1ccoc1Br. The standard InChI is InChI=1S/C13H9BrO3/c14-13-10(4-6-17-13)12(15)9-1-2-11-8(7-9)3-5-16-11/h1-2,4,6-7H,3,5H2. The van der Waals surface area contributed by atoms with E-state index in [1.165, 1.54) is 6.26 Å². The number of halogens is 1. The first-order valence-electron chi connectivity index (χ1n) is 5.29. The molecule has 4 heteroatoms. The van der Waals surface area contributed by atoms with E-state index in [4.69, 9.17) is 9.15 Å². The van der Waals surface area contributed by atoms with Crippen LogP contribution in [0.4, 0.5) is 0 Å².